The van der Waals surface area contributed by atoms with Crippen molar-refractivity contribution in [1.29, 1.82) is 0 Å². The van der Waals surface area contributed by atoms with E-state index in [2.05, 4.69) is 34.4 Å². The highest BCUT2D eigenvalue weighted by atomic mass is 127. The van der Waals surface area contributed by atoms with E-state index >= 15 is 0 Å². The van der Waals surface area contributed by atoms with E-state index in [4.69, 9.17) is 9.47 Å². The van der Waals surface area contributed by atoms with Crippen molar-refractivity contribution < 1.29 is 22.6 Å². The maximum absolute atomic E-state index is 12.5. The summed E-state index contributed by atoms with van der Waals surface area (Å²) in [5.41, 5.74) is 1.38. The molecule has 6 nitrogen and oxygen atoms in total. The Bertz CT molecular complexity index is 693. The zero-order valence-electron chi connectivity index (χ0n) is 17.9. The molecule has 1 aromatic carbocycles. The van der Waals surface area contributed by atoms with Crippen molar-refractivity contribution in [2.75, 3.05) is 46.5 Å². The third kappa shape index (κ3) is 8.84. The summed E-state index contributed by atoms with van der Waals surface area (Å²) in [6.45, 7) is 8.98. The van der Waals surface area contributed by atoms with Gasteiger partial charge in [-0.25, -0.2) is 0 Å². The lowest BCUT2D eigenvalue weighted by Gasteiger charge is -2.41. The Labute approximate surface area is 193 Å². The number of ether oxygens (including phenoxy) is 2. The van der Waals surface area contributed by atoms with Crippen molar-refractivity contribution in [3.8, 4) is 5.75 Å². The highest BCUT2D eigenvalue weighted by molar-refractivity contribution is 14.0. The fraction of sp³-hybridized carbons (Fsp3) is 0.650. The summed E-state index contributed by atoms with van der Waals surface area (Å²) >= 11 is 0. The first kappa shape index (κ1) is 26.8. The summed E-state index contributed by atoms with van der Waals surface area (Å²) in [7, 11) is 1.66. The normalized spacial score (nSPS) is 16.0. The highest BCUT2D eigenvalue weighted by Gasteiger charge is 2.29. The standard InChI is InChI=1S/C20H31F3N4O2.HI/c1-15-5-6-16(17(11-15)29-14-20(21,22)23)12-25-18(24-4)26-13-19(2,3)27-7-9-28-10-8-27;/h5-6,11H,7-10,12-14H2,1-4H3,(H2,24,25,26);1H. The number of rotatable bonds is 7. The molecule has 1 aliphatic heterocycles. The maximum atomic E-state index is 12.5. The molecule has 1 aromatic rings. The number of alkyl halides is 3. The number of hydrogen-bond donors (Lipinski definition) is 2. The number of nitrogens with one attached hydrogen (secondary N) is 2. The van der Waals surface area contributed by atoms with Crippen LogP contribution in [0.25, 0.3) is 0 Å². The lowest BCUT2D eigenvalue weighted by molar-refractivity contribution is -0.153. The van der Waals surface area contributed by atoms with Crippen LogP contribution in [0.4, 0.5) is 13.2 Å². The molecule has 0 bridgehead atoms. The van der Waals surface area contributed by atoms with E-state index in [0.29, 0.717) is 24.6 Å². The van der Waals surface area contributed by atoms with Gasteiger partial charge < -0.3 is 20.1 Å². The first-order valence-electron chi connectivity index (χ1n) is 9.67. The van der Waals surface area contributed by atoms with Gasteiger partial charge in [-0.15, -0.1) is 24.0 Å². The number of aliphatic imine (C=N–C) groups is 1. The van der Waals surface area contributed by atoms with Crippen molar-refractivity contribution >= 4 is 29.9 Å². The fourth-order valence-corrected chi connectivity index (χ4v) is 3.08. The Balaban J connectivity index is 0.00000450. The number of aryl methyl sites for hydroxylation is 1. The summed E-state index contributed by atoms with van der Waals surface area (Å²) in [5, 5.41) is 6.45. The number of nitrogens with zero attached hydrogens (tertiary/aromatic N) is 2. The highest BCUT2D eigenvalue weighted by Crippen LogP contribution is 2.23. The third-order valence-corrected chi connectivity index (χ3v) is 4.84. The van der Waals surface area contributed by atoms with Gasteiger partial charge in [0.05, 0.1) is 13.2 Å². The first-order chi connectivity index (χ1) is 13.6. The van der Waals surface area contributed by atoms with Gasteiger partial charge in [-0.3, -0.25) is 9.89 Å². The van der Waals surface area contributed by atoms with E-state index in [1.165, 1.54) is 0 Å². The quantitative estimate of drug-likeness (QED) is 0.314. The van der Waals surface area contributed by atoms with Crippen LogP contribution in [0.1, 0.15) is 25.0 Å². The number of guanidine groups is 1. The third-order valence-electron chi connectivity index (χ3n) is 4.84. The summed E-state index contributed by atoms with van der Waals surface area (Å²) in [4.78, 5) is 6.58. The molecule has 0 aliphatic carbocycles. The second-order valence-corrected chi connectivity index (χ2v) is 7.71. The van der Waals surface area contributed by atoms with Crippen LogP contribution in [0.3, 0.4) is 0 Å². The molecule has 0 spiro atoms. The molecular formula is C20H32F3IN4O2. The molecule has 0 atom stereocenters. The molecule has 2 N–H and O–H groups in total. The predicted octanol–water partition coefficient (Wildman–Crippen LogP) is 3.33. The van der Waals surface area contributed by atoms with Crippen molar-refractivity contribution in [1.82, 2.24) is 15.5 Å². The van der Waals surface area contributed by atoms with Gasteiger partial charge in [0.25, 0.3) is 0 Å². The largest absolute Gasteiger partial charge is 0.484 e. The van der Waals surface area contributed by atoms with E-state index < -0.39 is 12.8 Å². The van der Waals surface area contributed by atoms with E-state index in [1.54, 1.807) is 19.2 Å². The molecule has 1 heterocycles. The average molecular weight is 544 g/mol. The smallest absolute Gasteiger partial charge is 0.422 e. The number of morpholine rings is 1. The molecule has 1 saturated heterocycles. The molecule has 0 saturated carbocycles. The molecule has 0 aromatic heterocycles. The number of benzene rings is 1. The fourth-order valence-electron chi connectivity index (χ4n) is 3.08. The average Bonchev–Trinajstić information content (AvgIpc) is 2.67. The van der Waals surface area contributed by atoms with Crippen molar-refractivity contribution in [3.63, 3.8) is 0 Å². The zero-order chi connectivity index (χ0) is 21.5. The van der Waals surface area contributed by atoms with Crippen LogP contribution >= 0.6 is 24.0 Å². The van der Waals surface area contributed by atoms with Crippen molar-refractivity contribution in [3.05, 3.63) is 29.3 Å². The minimum absolute atomic E-state index is 0. The van der Waals surface area contributed by atoms with Gasteiger partial charge >= 0.3 is 6.18 Å². The van der Waals surface area contributed by atoms with E-state index in [-0.39, 0.29) is 35.3 Å². The van der Waals surface area contributed by atoms with Crippen molar-refractivity contribution in [2.45, 2.75) is 39.0 Å². The SMILES string of the molecule is CN=C(NCc1ccc(C)cc1OCC(F)(F)F)NCC(C)(C)N1CCOCC1.I. The van der Waals surface area contributed by atoms with Gasteiger partial charge in [0.1, 0.15) is 5.75 Å². The lowest BCUT2D eigenvalue weighted by atomic mass is 10.0. The molecule has 0 amide bonds. The van der Waals surface area contributed by atoms with Gasteiger partial charge in [0, 0.05) is 44.3 Å². The summed E-state index contributed by atoms with van der Waals surface area (Å²) in [6.07, 6.45) is -4.38. The monoisotopic (exact) mass is 544 g/mol. The topological polar surface area (TPSA) is 58.1 Å². The summed E-state index contributed by atoms with van der Waals surface area (Å²) in [5.74, 6) is 0.799. The number of halogens is 4. The van der Waals surface area contributed by atoms with Gasteiger partial charge in [-0.2, -0.15) is 13.2 Å². The summed E-state index contributed by atoms with van der Waals surface area (Å²) in [6, 6.07) is 5.22. The first-order valence-corrected chi connectivity index (χ1v) is 9.67. The Morgan fingerprint density at radius 1 is 1.20 bits per heavy atom. The summed E-state index contributed by atoms with van der Waals surface area (Å²) < 4.78 is 48.0. The van der Waals surface area contributed by atoms with E-state index in [0.717, 1.165) is 31.9 Å². The second-order valence-electron chi connectivity index (χ2n) is 7.71. The molecule has 10 heteroatoms. The minimum Gasteiger partial charge on any atom is -0.484 e. The second kappa shape index (κ2) is 11.9. The molecule has 172 valence electrons. The van der Waals surface area contributed by atoms with Crippen LogP contribution in [0.5, 0.6) is 5.75 Å². The minimum atomic E-state index is -4.38. The van der Waals surface area contributed by atoms with Gasteiger partial charge in [0.2, 0.25) is 0 Å². The van der Waals surface area contributed by atoms with Gasteiger partial charge in [-0.1, -0.05) is 12.1 Å². The Morgan fingerprint density at radius 2 is 1.87 bits per heavy atom. The predicted molar refractivity (Wildman–Crippen MR) is 123 cm³/mol. The van der Waals surface area contributed by atoms with Gasteiger partial charge in [0.15, 0.2) is 12.6 Å². The van der Waals surface area contributed by atoms with E-state index in [1.807, 2.05) is 13.0 Å². The molecule has 30 heavy (non-hydrogen) atoms. The van der Waals surface area contributed by atoms with Crippen LogP contribution < -0.4 is 15.4 Å². The van der Waals surface area contributed by atoms with E-state index in [9.17, 15) is 13.2 Å². The Morgan fingerprint density at radius 3 is 2.47 bits per heavy atom. The Hall–Kier alpha value is -1.27. The van der Waals surface area contributed by atoms with Crippen molar-refractivity contribution in [2.24, 2.45) is 4.99 Å². The molecule has 0 unspecified atom stereocenters. The molecule has 1 aliphatic rings. The van der Waals surface area contributed by atoms with Crippen LogP contribution in [-0.4, -0.2) is 69.1 Å². The van der Waals surface area contributed by atoms with Crippen LogP contribution in [0.15, 0.2) is 23.2 Å². The molecule has 1 fully saturated rings. The lowest BCUT2D eigenvalue weighted by Crippen LogP contribution is -2.56. The number of hydrogen-bond acceptors (Lipinski definition) is 4. The van der Waals surface area contributed by atoms with Crippen LogP contribution in [-0.2, 0) is 11.3 Å². The Kier molecular flexibility index (Phi) is 10.7. The molecule has 0 radical (unpaired) electrons. The zero-order valence-corrected chi connectivity index (χ0v) is 20.3. The van der Waals surface area contributed by atoms with Crippen LogP contribution in [0, 0.1) is 6.92 Å². The molecular weight excluding hydrogens is 512 g/mol. The maximum Gasteiger partial charge on any atom is 0.422 e. The van der Waals surface area contributed by atoms with Gasteiger partial charge in [-0.05, 0) is 32.4 Å². The van der Waals surface area contributed by atoms with Crippen LogP contribution in [0.2, 0.25) is 0 Å². The molecule has 2 rings (SSSR count).